The van der Waals surface area contributed by atoms with Crippen molar-refractivity contribution in [3.05, 3.63) is 49.6 Å². The number of nitrogens with one attached hydrogen (secondary N) is 2. The van der Waals surface area contributed by atoms with Gasteiger partial charge in [0.1, 0.15) is 17.7 Å². The molecule has 0 bridgehead atoms. The van der Waals surface area contributed by atoms with Crippen LogP contribution in [0.2, 0.25) is 0 Å². The lowest BCUT2D eigenvalue weighted by atomic mass is 9.85. The number of Topliss-reactive ketones (excluding diaryl/α,β-unsaturated/α-hetero) is 1. The Bertz CT molecular complexity index is 1890. The fraction of sp³-hybridized carbons (Fsp3) is 0.615. The topological polar surface area (TPSA) is 166 Å². The zero-order valence-electron chi connectivity index (χ0n) is 32.1. The number of likely N-dealkylation sites (tertiary alicyclic amines) is 1. The minimum atomic E-state index is -4.01. The highest BCUT2D eigenvalue weighted by Gasteiger charge is 2.63. The van der Waals surface area contributed by atoms with Crippen molar-refractivity contribution < 1.29 is 37.1 Å². The summed E-state index contributed by atoms with van der Waals surface area (Å²) in [6.45, 7) is 20.4. The van der Waals surface area contributed by atoms with Gasteiger partial charge in [-0.1, -0.05) is 58.4 Å². The quantitative estimate of drug-likeness (QED) is 0.225. The van der Waals surface area contributed by atoms with E-state index in [-0.39, 0.29) is 37.5 Å². The average molecular weight is 754 g/mol. The number of benzene rings is 1. The van der Waals surface area contributed by atoms with Crippen molar-refractivity contribution in [2.24, 2.45) is 16.7 Å². The zero-order valence-corrected chi connectivity index (χ0v) is 32.9. The molecule has 3 fully saturated rings. The number of hydrogen-bond acceptors (Lipinski definition) is 9. The van der Waals surface area contributed by atoms with E-state index in [1.807, 2.05) is 35.8 Å². The summed E-state index contributed by atoms with van der Waals surface area (Å²) in [6.07, 6.45) is 3.67. The Morgan fingerprint density at radius 2 is 1.75 bits per heavy atom. The number of aromatic nitrogens is 2. The minimum absolute atomic E-state index is 0.00394. The third-order valence-electron chi connectivity index (χ3n) is 10.7. The van der Waals surface area contributed by atoms with Crippen molar-refractivity contribution in [3.8, 4) is 6.01 Å². The molecule has 5 atom stereocenters. The summed E-state index contributed by atoms with van der Waals surface area (Å²) in [5, 5.41) is 2.74. The number of para-hydroxylation sites is 2. The minimum Gasteiger partial charge on any atom is -0.459 e. The van der Waals surface area contributed by atoms with E-state index in [9.17, 15) is 27.6 Å². The van der Waals surface area contributed by atoms with Crippen LogP contribution in [0, 0.1) is 16.7 Å². The van der Waals surface area contributed by atoms with Crippen molar-refractivity contribution in [3.63, 3.8) is 0 Å². The van der Waals surface area contributed by atoms with E-state index < -0.39 is 67.3 Å². The SMILES string of the molecule is C=CCn1c(O[C@@H]2C[C@@H](C(=O)C[C@]3(C(=O)NS(=O)(=O)C4(CC=C)CC4)C[C@H]3CC)N(C(=O)[C@@H](NC(=O)OC(C)(C)C)C(C)(C)C)C2)nc2ccccc21. The van der Waals surface area contributed by atoms with E-state index >= 15 is 0 Å². The molecular formula is C39H55N5O8S. The van der Waals surface area contributed by atoms with Gasteiger partial charge < -0.3 is 19.7 Å². The molecule has 1 saturated heterocycles. The highest BCUT2D eigenvalue weighted by Crippen LogP contribution is 2.58. The maximum atomic E-state index is 14.6. The fourth-order valence-corrected chi connectivity index (χ4v) is 9.15. The molecule has 2 aliphatic carbocycles. The Morgan fingerprint density at radius 3 is 2.32 bits per heavy atom. The third kappa shape index (κ3) is 8.32. The van der Waals surface area contributed by atoms with Gasteiger partial charge in [0.05, 0.1) is 33.8 Å². The number of alkyl carbamates (subject to hydrolysis) is 1. The predicted octanol–water partition coefficient (Wildman–Crippen LogP) is 5.44. The van der Waals surface area contributed by atoms with Crippen LogP contribution in [0.5, 0.6) is 6.01 Å². The summed E-state index contributed by atoms with van der Waals surface area (Å²) >= 11 is 0. The summed E-state index contributed by atoms with van der Waals surface area (Å²) in [5.74, 6) is -1.78. The van der Waals surface area contributed by atoms with E-state index in [0.29, 0.717) is 43.8 Å². The normalized spacial score (nSPS) is 24.2. The Labute approximate surface area is 313 Å². The molecule has 14 heteroatoms. The Morgan fingerprint density at radius 1 is 1.08 bits per heavy atom. The molecule has 290 valence electrons. The molecule has 1 aromatic heterocycles. The number of fused-ring (bicyclic) bond motifs is 1. The molecule has 0 radical (unpaired) electrons. The Kier molecular flexibility index (Phi) is 11.0. The Hall–Kier alpha value is -4.20. The number of ether oxygens (including phenoxy) is 2. The number of allylic oxidation sites excluding steroid dienone is 2. The summed E-state index contributed by atoms with van der Waals surface area (Å²) in [4.78, 5) is 62.1. The lowest BCUT2D eigenvalue weighted by Gasteiger charge is -2.36. The van der Waals surface area contributed by atoms with Crippen molar-refractivity contribution in [1.82, 2.24) is 24.5 Å². The number of carbonyl (C=O) groups excluding carboxylic acids is 4. The van der Waals surface area contributed by atoms with Gasteiger partial charge in [-0.25, -0.2) is 13.2 Å². The molecule has 0 unspecified atom stereocenters. The number of imidazole rings is 1. The number of ketones is 1. The highest BCUT2D eigenvalue weighted by atomic mass is 32.2. The van der Waals surface area contributed by atoms with E-state index in [1.165, 1.54) is 4.90 Å². The summed E-state index contributed by atoms with van der Waals surface area (Å²) in [7, 11) is -4.01. The van der Waals surface area contributed by atoms with Crippen molar-refractivity contribution in [1.29, 1.82) is 0 Å². The predicted molar refractivity (Wildman–Crippen MR) is 201 cm³/mol. The van der Waals surface area contributed by atoms with Crippen molar-refractivity contribution in [2.45, 2.75) is 128 Å². The van der Waals surface area contributed by atoms with Crippen LogP contribution in [0.25, 0.3) is 11.0 Å². The van der Waals surface area contributed by atoms with Gasteiger partial charge in [0, 0.05) is 19.4 Å². The first-order valence-electron chi connectivity index (χ1n) is 18.4. The van der Waals surface area contributed by atoms with Crippen LogP contribution in [-0.4, -0.2) is 81.6 Å². The molecule has 2 aromatic rings. The first-order valence-corrected chi connectivity index (χ1v) is 19.9. The molecule has 13 nitrogen and oxygen atoms in total. The van der Waals surface area contributed by atoms with Crippen LogP contribution in [0.3, 0.4) is 0 Å². The number of rotatable bonds is 15. The first-order chi connectivity index (χ1) is 24.7. The number of sulfonamides is 1. The third-order valence-corrected chi connectivity index (χ3v) is 12.9. The highest BCUT2D eigenvalue weighted by molar-refractivity contribution is 7.91. The van der Waals surface area contributed by atoms with Gasteiger partial charge >= 0.3 is 6.09 Å². The van der Waals surface area contributed by atoms with Gasteiger partial charge in [-0.15, -0.1) is 13.2 Å². The lowest BCUT2D eigenvalue weighted by molar-refractivity contribution is -0.142. The first kappa shape index (κ1) is 40.0. The van der Waals surface area contributed by atoms with E-state index in [0.717, 1.165) is 5.52 Å². The van der Waals surface area contributed by atoms with Gasteiger partial charge in [-0.3, -0.25) is 23.7 Å². The molecule has 2 heterocycles. The standard InChI is InChI=1S/C39H55N5O8S/c1-10-17-38(18-19-38)53(49,50)42-33(47)39(22-25(39)12-3)23-30(45)29-21-26(51-34-40-27-15-13-14-16-28(27)43(34)20-11-2)24-44(29)32(46)31(36(4,5)6)41-35(48)52-37(7,8)9/h10-11,13-16,25-26,29,31H,1-2,12,17-24H2,3-9H3,(H,41,48)(H,42,47)/t25-,26-,29+,31-,39-/m1/s1. The number of nitrogens with zero attached hydrogens (tertiary/aromatic N) is 3. The molecule has 3 amide bonds. The van der Waals surface area contributed by atoms with Gasteiger partial charge in [-0.2, -0.15) is 4.98 Å². The van der Waals surface area contributed by atoms with Gasteiger partial charge in [-0.05, 0) is 69.9 Å². The van der Waals surface area contributed by atoms with Crippen LogP contribution in [-0.2, 0) is 35.7 Å². The molecule has 5 rings (SSSR count). The summed E-state index contributed by atoms with van der Waals surface area (Å²) in [5.41, 5.74) is -1.29. The van der Waals surface area contributed by atoms with E-state index in [4.69, 9.17) is 9.47 Å². The lowest BCUT2D eigenvalue weighted by Crippen LogP contribution is -2.57. The second kappa shape index (κ2) is 14.6. The van der Waals surface area contributed by atoms with Crippen LogP contribution >= 0.6 is 0 Å². The monoisotopic (exact) mass is 753 g/mol. The average Bonchev–Trinajstić information content (AvgIpc) is 3.92. The van der Waals surface area contributed by atoms with Crippen LogP contribution < -0.4 is 14.8 Å². The van der Waals surface area contributed by atoms with Crippen molar-refractivity contribution >= 4 is 44.7 Å². The number of carbonyl (C=O) groups is 4. The fourth-order valence-electron chi connectivity index (χ4n) is 7.51. The molecule has 2 N–H and O–H groups in total. The Balaban J connectivity index is 1.45. The smallest absolute Gasteiger partial charge is 0.408 e. The van der Waals surface area contributed by atoms with Crippen molar-refractivity contribution in [2.75, 3.05) is 6.54 Å². The van der Waals surface area contributed by atoms with Gasteiger partial charge in [0.25, 0.3) is 6.01 Å². The van der Waals surface area contributed by atoms with Crippen LogP contribution in [0.4, 0.5) is 4.79 Å². The molecule has 2 saturated carbocycles. The van der Waals surface area contributed by atoms with Crippen LogP contribution in [0.15, 0.2) is 49.6 Å². The summed E-state index contributed by atoms with van der Waals surface area (Å²) in [6, 6.07) is 5.74. The molecular weight excluding hydrogens is 699 g/mol. The molecule has 53 heavy (non-hydrogen) atoms. The van der Waals surface area contributed by atoms with Crippen LogP contribution in [0.1, 0.15) is 93.4 Å². The molecule has 3 aliphatic rings. The second-order valence-electron chi connectivity index (χ2n) is 16.9. The van der Waals surface area contributed by atoms with Gasteiger partial charge in [0.2, 0.25) is 21.8 Å². The number of amides is 3. The molecule has 1 aliphatic heterocycles. The van der Waals surface area contributed by atoms with E-state index in [2.05, 4.69) is 28.2 Å². The maximum absolute atomic E-state index is 14.6. The number of hydrogen-bond donors (Lipinski definition) is 2. The molecule has 0 spiro atoms. The summed E-state index contributed by atoms with van der Waals surface area (Å²) < 4.78 is 41.8. The zero-order chi connectivity index (χ0) is 39.1. The molecule has 1 aromatic carbocycles. The maximum Gasteiger partial charge on any atom is 0.408 e. The van der Waals surface area contributed by atoms with E-state index in [1.54, 1.807) is 53.7 Å². The largest absolute Gasteiger partial charge is 0.459 e. The van der Waals surface area contributed by atoms with Gasteiger partial charge in [0.15, 0.2) is 5.78 Å². The second-order valence-corrected chi connectivity index (χ2v) is 19.0.